The molecule has 1 fully saturated rings. The van der Waals surface area contributed by atoms with Crippen LogP contribution in [0.3, 0.4) is 0 Å². The Balaban J connectivity index is 1.67. The van der Waals surface area contributed by atoms with Crippen molar-refractivity contribution in [3.63, 3.8) is 0 Å². The van der Waals surface area contributed by atoms with Crippen molar-refractivity contribution in [1.29, 1.82) is 0 Å². The first-order chi connectivity index (χ1) is 8.53. The highest BCUT2D eigenvalue weighted by atomic mass is 32.1. The van der Waals surface area contributed by atoms with E-state index >= 15 is 0 Å². The van der Waals surface area contributed by atoms with Crippen molar-refractivity contribution in [2.24, 2.45) is 0 Å². The van der Waals surface area contributed by atoms with Gasteiger partial charge in [-0.15, -0.1) is 0 Å². The summed E-state index contributed by atoms with van der Waals surface area (Å²) in [6.45, 7) is 7.81. The van der Waals surface area contributed by atoms with Crippen molar-refractivity contribution in [1.82, 2.24) is 10.6 Å². The Hall–Kier alpha value is -0.380. The molecule has 0 bridgehead atoms. The molecule has 0 atom stereocenters. The van der Waals surface area contributed by atoms with Gasteiger partial charge < -0.3 is 10.6 Å². The van der Waals surface area contributed by atoms with Crippen LogP contribution in [-0.4, -0.2) is 17.6 Å². The highest BCUT2D eigenvalue weighted by molar-refractivity contribution is 7.07. The Morgan fingerprint density at radius 3 is 2.39 bits per heavy atom. The normalized spacial score (nSPS) is 25.3. The predicted molar refractivity (Wildman–Crippen MR) is 80.1 cm³/mol. The topological polar surface area (TPSA) is 24.1 Å². The molecule has 18 heavy (non-hydrogen) atoms. The molecule has 0 aliphatic heterocycles. The molecule has 0 amide bonds. The van der Waals surface area contributed by atoms with Gasteiger partial charge in [0.05, 0.1) is 0 Å². The molecule has 3 heteroatoms. The first-order valence-corrected chi connectivity index (χ1v) is 7.99. The van der Waals surface area contributed by atoms with Crippen molar-refractivity contribution >= 4 is 11.3 Å². The van der Waals surface area contributed by atoms with Gasteiger partial charge in [0, 0.05) is 24.2 Å². The molecule has 0 saturated heterocycles. The lowest BCUT2D eigenvalue weighted by Gasteiger charge is -2.34. The quantitative estimate of drug-likeness (QED) is 0.871. The van der Waals surface area contributed by atoms with Gasteiger partial charge in [-0.2, -0.15) is 11.3 Å². The molecule has 1 aliphatic carbocycles. The fourth-order valence-corrected chi connectivity index (χ4v) is 3.38. The van der Waals surface area contributed by atoms with Crippen LogP contribution in [0.25, 0.3) is 0 Å². The smallest absolute Gasteiger partial charge is 0.0216 e. The predicted octanol–water partition coefficient (Wildman–Crippen LogP) is 3.54. The van der Waals surface area contributed by atoms with Crippen LogP contribution in [0.4, 0.5) is 0 Å². The van der Waals surface area contributed by atoms with Crippen molar-refractivity contribution in [3.8, 4) is 0 Å². The molecule has 2 rings (SSSR count). The lowest BCUT2D eigenvalue weighted by Crippen LogP contribution is -2.47. The molecule has 1 aromatic rings. The van der Waals surface area contributed by atoms with E-state index < -0.39 is 0 Å². The highest BCUT2D eigenvalue weighted by Crippen LogP contribution is 2.21. The fraction of sp³-hybridized carbons (Fsp3) is 0.733. The minimum absolute atomic E-state index is 0.252. The molecule has 0 aromatic carbocycles. The molecule has 1 aliphatic rings. The fourth-order valence-electron chi connectivity index (χ4n) is 2.71. The largest absolute Gasteiger partial charge is 0.310 e. The minimum Gasteiger partial charge on any atom is -0.310 e. The maximum atomic E-state index is 3.72. The zero-order valence-electron chi connectivity index (χ0n) is 11.8. The zero-order chi connectivity index (χ0) is 13.0. The van der Waals surface area contributed by atoms with Crippen molar-refractivity contribution in [2.75, 3.05) is 0 Å². The highest BCUT2D eigenvalue weighted by Gasteiger charge is 2.23. The summed E-state index contributed by atoms with van der Waals surface area (Å²) in [7, 11) is 0. The van der Waals surface area contributed by atoms with E-state index in [1.54, 1.807) is 11.3 Å². The molecule has 1 saturated carbocycles. The Morgan fingerprint density at radius 2 is 1.83 bits per heavy atom. The summed E-state index contributed by atoms with van der Waals surface area (Å²) < 4.78 is 0. The maximum absolute atomic E-state index is 3.72. The lowest BCUT2D eigenvalue weighted by molar-refractivity contribution is 0.261. The van der Waals surface area contributed by atoms with Gasteiger partial charge in [-0.3, -0.25) is 0 Å². The third kappa shape index (κ3) is 4.71. The summed E-state index contributed by atoms with van der Waals surface area (Å²) in [5.41, 5.74) is 1.68. The second-order valence-electron chi connectivity index (χ2n) is 6.46. The van der Waals surface area contributed by atoms with E-state index in [1.807, 2.05) is 0 Å². The van der Waals surface area contributed by atoms with Crippen molar-refractivity contribution < 1.29 is 0 Å². The molecule has 2 N–H and O–H groups in total. The molecule has 2 nitrogen and oxygen atoms in total. The molecule has 0 radical (unpaired) electrons. The van der Waals surface area contributed by atoms with Gasteiger partial charge in [-0.25, -0.2) is 0 Å². The second-order valence-corrected chi connectivity index (χ2v) is 7.24. The molecule has 102 valence electrons. The van der Waals surface area contributed by atoms with E-state index in [-0.39, 0.29) is 5.54 Å². The zero-order valence-corrected chi connectivity index (χ0v) is 12.6. The van der Waals surface area contributed by atoms with Crippen LogP contribution in [-0.2, 0) is 6.54 Å². The number of rotatable bonds is 4. The molecule has 1 aromatic heterocycles. The van der Waals surface area contributed by atoms with Gasteiger partial charge in [-0.1, -0.05) is 0 Å². The van der Waals surface area contributed by atoms with Crippen LogP contribution in [0.15, 0.2) is 16.8 Å². The average molecular weight is 266 g/mol. The first kappa shape index (κ1) is 14.0. The first-order valence-electron chi connectivity index (χ1n) is 7.05. The van der Waals surface area contributed by atoms with Gasteiger partial charge in [0.25, 0.3) is 0 Å². The van der Waals surface area contributed by atoms with Crippen LogP contribution in [0.1, 0.15) is 52.0 Å². The average Bonchev–Trinajstić information content (AvgIpc) is 2.79. The van der Waals surface area contributed by atoms with Crippen LogP contribution in [0.2, 0.25) is 0 Å². The standard InChI is InChI=1S/C15H26N2S/c1-15(2,3)17-14-6-4-13(5-7-14)16-10-12-8-9-18-11-12/h8-9,11,13-14,16-17H,4-7,10H2,1-3H3. The maximum Gasteiger partial charge on any atom is 0.0216 e. The summed E-state index contributed by atoms with van der Waals surface area (Å²) >= 11 is 1.78. The van der Waals surface area contributed by atoms with Crippen LogP contribution in [0.5, 0.6) is 0 Å². The van der Waals surface area contributed by atoms with Gasteiger partial charge in [-0.05, 0) is 68.8 Å². The lowest BCUT2D eigenvalue weighted by atomic mass is 9.89. The minimum atomic E-state index is 0.252. The van der Waals surface area contributed by atoms with E-state index in [0.717, 1.165) is 6.54 Å². The molecule has 0 spiro atoms. The van der Waals surface area contributed by atoms with E-state index in [4.69, 9.17) is 0 Å². The summed E-state index contributed by atoms with van der Waals surface area (Å²) in [5, 5.41) is 11.8. The summed E-state index contributed by atoms with van der Waals surface area (Å²) in [5.74, 6) is 0. The second kappa shape index (κ2) is 6.18. The van der Waals surface area contributed by atoms with Gasteiger partial charge in [0.1, 0.15) is 0 Å². The van der Waals surface area contributed by atoms with Crippen LogP contribution >= 0.6 is 11.3 Å². The summed E-state index contributed by atoms with van der Waals surface area (Å²) in [4.78, 5) is 0. The van der Waals surface area contributed by atoms with Gasteiger partial charge in [0.15, 0.2) is 0 Å². The van der Waals surface area contributed by atoms with Gasteiger partial charge in [0.2, 0.25) is 0 Å². The van der Waals surface area contributed by atoms with E-state index in [9.17, 15) is 0 Å². The molecular weight excluding hydrogens is 240 g/mol. The van der Waals surface area contributed by atoms with E-state index in [1.165, 1.54) is 31.2 Å². The SMILES string of the molecule is CC(C)(C)NC1CCC(NCc2ccsc2)CC1. The molecule has 1 heterocycles. The number of nitrogens with one attached hydrogen (secondary N) is 2. The Morgan fingerprint density at radius 1 is 1.17 bits per heavy atom. The molecular formula is C15H26N2S. The van der Waals surface area contributed by atoms with E-state index in [2.05, 4.69) is 48.2 Å². The van der Waals surface area contributed by atoms with Gasteiger partial charge >= 0.3 is 0 Å². The third-order valence-corrected chi connectivity index (χ3v) is 4.27. The van der Waals surface area contributed by atoms with Crippen molar-refractivity contribution in [3.05, 3.63) is 22.4 Å². The van der Waals surface area contributed by atoms with Crippen LogP contribution in [0, 0.1) is 0 Å². The summed E-state index contributed by atoms with van der Waals surface area (Å²) in [6.07, 6.45) is 5.22. The molecule has 0 unspecified atom stereocenters. The van der Waals surface area contributed by atoms with E-state index in [0.29, 0.717) is 12.1 Å². The Bertz CT molecular complexity index is 332. The Kier molecular flexibility index (Phi) is 4.82. The summed E-state index contributed by atoms with van der Waals surface area (Å²) in [6, 6.07) is 3.64. The third-order valence-electron chi connectivity index (χ3n) is 3.54. The Labute approximate surface area is 115 Å². The number of hydrogen-bond acceptors (Lipinski definition) is 3. The monoisotopic (exact) mass is 266 g/mol. The number of hydrogen-bond donors (Lipinski definition) is 2. The van der Waals surface area contributed by atoms with Crippen LogP contribution < -0.4 is 10.6 Å². The number of thiophene rings is 1. The van der Waals surface area contributed by atoms with Crippen molar-refractivity contribution in [2.45, 2.75) is 70.6 Å².